The van der Waals surface area contributed by atoms with E-state index in [-0.39, 0.29) is 22.2 Å². The maximum absolute atomic E-state index is 13.2. The molecule has 3 aromatic rings. The molecule has 8 heteroatoms. The average molecular weight is 439 g/mol. The zero-order chi connectivity index (χ0) is 22.0. The summed E-state index contributed by atoms with van der Waals surface area (Å²) in [4.78, 5) is 39.1. The van der Waals surface area contributed by atoms with Crippen LogP contribution in [0.25, 0.3) is 11.1 Å². The van der Waals surface area contributed by atoms with Crippen molar-refractivity contribution < 1.29 is 23.9 Å². The zero-order valence-corrected chi connectivity index (χ0v) is 17.1. The van der Waals surface area contributed by atoms with Gasteiger partial charge in [0.25, 0.3) is 5.91 Å². The molecule has 4 rings (SSSR count). The number of hydrogen-bond donors (Lipinski definition) is 2. The quantitative estimate of drug-likeness (QED) is 0.609. The Labute approximate surface area is 183 Å². The van der Waals surface area contributed by atoms with Crippen LogP contribution < -0.4 is 5.32 Å². The van der Waals surface area contributed by atoms with Crippen molar-refractivity contribution in [3.05, 3.63) is 77.2 Å². The summed E-state index contributed by atoms with van der Waals surface area (Å²) in [6.45, 7) is 0.444. The molecule has 1 aromatic heterocycles. The van der Waals surface area contributed by atoms with E-state index in [0.29, 0.717) is 24.9 Å². The molecule has 0 unspecified atom stereocenters. The Hall–Kier alpha value is -3.58. The third-order valence-electron chi connectivity index (χ3n) is 5.25. The molecule has 0 bridgehead atoms. The van der Waals surface area contributed by atoms with Crippen molar-refractivity contribution in [2.75, 3.05) is 11.9 Å². The summed E-state index contributed by atoms with van der Waals surface area (Å²) in [5.74, 6) is -1.88. The van der Waals surface area contributed by atoms with Crippen LogP contribution in [0.4, 0.5) is 5.69 Å². The summed E-state index contributed by atoms with van der Waals surface area (Å²) in [5, 5.41) is 12.3. The number of rotatable bonds is 5. The van der Waals surface area contributed by atoms with Crippen molar-refractivity contribution in [1.82, 2.24) is 4.90 Å². The summed E-state index contributed by atoms with van der Waals surface area (Å²) < 4.78 is 5.11. The van der Waals surface area contributed by atoms with Gasteiger partial charge < -0.3 is 19.7 Å². The van der Waals surface area contributed by atoms with E-state index in [9.17, 15) is 19.5 Å². The first-order chi connectivity index (χ1) is 14.9. The third kappa shape index (κ3) is 4.32. The van der Waals surface area contributed by atoms with E-state index < -0.39 is 17.9 Å². The van der Waals surface area contributed by atoms with Gasteiger partial charge in [-0.3, -0.25) is 9.59 Å². The lowest BCUT2D eigenvalue weighted by atomic mass is 10.0. The standard InChI is InChI=1S/C23H19ClN2O5/c24-17-6-7-19(18(12-17)23(29)30)25-21(27)20-5-2-9-26(20)22(28)15-4-1-3-14(11-15)16-8-10-31-13-16/h1,3-4,6-8,10-13,20H,2,5,9H2,(H,25,27)(H,29,30)/t20-/m0/s1. The molecule has 2 aromatic carbocycles. The van der Waals surface area contributed by atoms with Crippen molar-refractivity contribution in [3.8, 4) is 11.1 Å². The number of benzene rings is 2. The predicted octanol–water partition coefficient (Wildman–Crippen LogP) is 4.54. The number of carbonyl (C=O) groups is 3. The number of carbonyl (C=O) groups excluding carboxylic acids is 2. The fourth-order valence-corrected chi connectivity index (χ4v) is 3.90. The maximum Gasteiger partial charge on any atom is 0.337 e. The van der Waals surface area contributed by atoms with Gasteiger partial charge in [0.2, 0.25) is 5.91 Å². The number of hydrogen-bond acceptors (Lipinski definition) is 4. The van der Waals surface area contributed by atoms with Gasteiger partial charge in [0.1, 0.15) is 6.04 Å². The molecule has 0 saturated carbocycles. The van der Waals surface area contributed by atoms with Crippen molar-refractivity contribution in [2.24, 2.45) is 0 Å². The highest BCUT2D eigenvalue weighted by atomic mass is 35.5. The Morgan fingerprint density at radius 2 is 1.94 bits per heavy atom. The first-order valence-corrected chi connectivity index (χ1v) is 10.1. The topological polar surface area (TPSA) is 99.9 Å². The highest BCUT2D eigenvalue weighted by Crippen LogP contribution is 2.26. The van der Waals surface area contributed by atoms with E-state index in [2.05, 4.69) is 5.32 Å². The van der Waals surface area contributed by atoms with Crippen molar-refractivity contribution in [3.63, 3.8) is 0 Å². The first-order valence-electron chi connectivity index (χ1n) is 9.71. The number of likely N-dealkylation sites (tertiary alicyclic amines) is 1. The number of anilines is 1. The van der Waals surface area contributed by atoms with Gasteiger partial charge in [0.05, 0.1) is 23.8 Å². The minimum Gasteiger partial charge on any atom is -0.478 e. The Kier molecular flexibility index (Phi) is 5.77. The summed E-state index contributed by atoms with van der Waals surface area (Å²) in [6.07, 6.45) is 4.33. The third-order valence-corrected chi connectivity index (χ3v) is 5.49. The molecule has 7 nitrogen and oxygen atoms in total. The molecule has 1 fully saturated rings. The molecule has 1 aliphatic heterocycles. The second-order valence-corrected chi connectivity index (χ2v) is 7.67. The minimum absolute atomic E-state index is 0.107. The Morgan fingerprint density at radius 1 is 1.10 bits per heavy atom. The lowest BCUT2D eigenvalue weighted by Crippen LogP contribution is -2.43. The van der Waals surface area contributed by atoms with Gasteiger partial charge in [-0.05, 0) is 54.8 Å². The van der Waals surface area contributed by atoms with Crippen LogP contribution in [0, 0.1) is 0 Å². The number of carboxylic acids is 1. The average Bonchev–Trinajstić information content (AvgIpc) is 3.46. The number of furan rings is 1. The SMILES string of the molecule is O=C(O)c1cc(Cl)ccc1NC(=O)[C@@H]1CCCN1C(=O)c1cccc(-c2ccoc2)c1. The molecule has 0 aliphatic carbocycles. The first kappa shape index (κ1) is 20.7. The van der Waals surface area contributed by atoms with E-state index in [1.807, 2.05) is 12.1 Å². The van der Waals surface area contributed by atoms with E-state index in [4.69, 9.17) is 16.0 Å². The van der Waals surface area contributed by atoms with E-state index in [1.54, 1.807) is 30.7 Å². The maximum atomic E-state index is 13.2. The van der Waals surface area contributed by atoms with Crippen LogP contribution in [0.15, 0.2) is 65.5 Å². The van der Waals surface area contributed by atoms with Crippen molar-refractivity contribution >= 4 is 35.1 Å². The van der Waals surface area contributed by atoms with Crippen LogP contribution in [-0.4, -0.2) is 40.4 Å². The number of nitrogens with zero attached hydrogens (tertiary/aromatic N) is 1. The van der Waals surface area contributed by atoms with Gasteiger partial charge >= 0.3 is 5.97 Å². The Balaban J connectivity index is 1.54. The summed E-state index contributed by atoms with van der Waals surface area (Å²) >= 11 is 5.87. The highest BCUT2D eigenvalue weighted by Gasteiger charge is 2.35. The molecule has 158 valence electrons. The number of aromatic carboxylic acids is 1. The molecule has 31 heavy (non-hydrogen) atoms. The van der Waals surface area contributed by atoms with Crippen molar-refractivity contribution in [2.45, 2.75) is 18.9 Å². The molecule has 2 heterocycles. The van der Waals surface area contributed by atoms with Crippen LogP contribution in [0.1, 0.15) is 33.6 Å². The van der Waals surface area contributed by atoms with Gasteiger partial charge in [-0.15, -0.1) is 0 Å². The number of nitrogens with one attached hydrogen (secondary N) is 1. The summed E-state index contributed by atoms with van der Waals surface area (Å²) in [6, 6.07) is 12.5. The lowest BCUT2D eigenvalue weighted by Gasteiger charge is -2.24. The van der Waals surface area contributed by atoms with Gasteiger partial charge in [-0.2, -0.15) is 0 Å². The van der Waals surface area contributed by atoms with E-state index in [1.165, 1.54) is 23.1 Å². The molecule has 2 N–H and O–H groups in total. The van der Waals surface area contributed by atoms with Crippen LogP contribution >= 0.6 is 11.6 Å². The Morgan fingerprint density at radius 3 is 2.68 bits per heavy atom. The number of halogens is 1. The minimum atomic E-state index is -1.20. The Bertz CT molecular complexity index is 1140. The molecule has 1 aliphatic rings. The largest absolute Gasteiger partial charge is 0.478 e. The lowest BCUT2D eigenvalue weighted by molar-refractivity contribution is -0.119. The zero-order valence-electron chi connectivity index (χ0n) is 16.4. The normalized spacial score (nSPS) is 15.6. The second kappa shape index (κ2) is 8.65. The number of carboxylic acid groups (broad SMARTS) is 1. The molecular formula is C23H19ClN2O5. The van der Waals surface area contributed by atoms with Crippen molar-refractivity contribution in [1.29, 1.82) is 0 Å². The van der Waals surface area contributed by atoms with Crippen LogP contribution in [-0.2, 0) is 4.79 Å². The second-order valence-electron chi connectivity index (χ2n) is 7.23. The van der Waals surface area contributed by atoms with Gasteiger partial charge in [-0.25, -0.2) is 4.79 Å². The van der Waals surface area contributed by atoms with E-state index in [0.717, 1.165) is 11.1 Å². The van der Waals surface area contributed by atoms with Gasteiger partial charge in [-0.1, -0.05) is 23.7 Å². The molecule has 0 spiro atoms. The summed E-state index contributed by atoms with van der Waals surface area (Å²) in [5.41, 5.74) is 2.20. The monoisotopic (exact) mass is 438 g/mol. The molecule has 2 amide bonds. The van der Waals surface area contributed by atoms with E-state index >= 15 is 0 Å². The van der Waals surface area contributed by atoms with Gasteiger partial charge in [0, 0.05) is 22.7 Å². The molecule has 1 atom stereocenters. The smallest absolute Gasteiger partial charge is 0.337 e. The summed E-state index contributed by atoms with van der Waals surface area (Å²) in [7, 11) is 0. The van der Waals surface area contributed by atoms with Gasteiger partial charge in [0.15, 0.2) is 0 Å². The highest BCUT2D eigenvalue weighted by molar-refractivity contribution is 6.31. The number of amides is 2. The molecule has 1 saturated heterocycles. The fraction of sp³-hybridized carbons (Fsp3) is 0.174. The van der Waals surface area contributed by atoms with Crippen LogP contribution in [0.5, 0.6) is 0 Å². The van der Waals surface area contributed by atoms with Crippen LogP contribution in [0.2, 0.25) is 5.02 Å². The van der Waals surface area contributed by atoms with Crippen LogP contribution in [0.3, 0.4) is 0 Å². The molecule has 0 radical (unpaired) electrons. The molecular weight excluding hydrogens is 420 g/mol. The fourth-order valence-electron chi connectivity index (χ4n) is 3.73. The predicted molar refractivity (Wildman–Crippen MR) is 115 cm³/mol.